The van der Waals surface area contributed by atoms with Crippen molar-refractivity contribution in [1.29, 1.82) is 0 Å². The number of nitrogens with one attached hydrogen (secondary N) is 2. The van der Waals surface area contributed by atoms with E-state index in [-0.39, 0.29) is 6.04 Å². The molecule has 4 aromatic rings. The minimum atomic E-state index is -0.903. The van der Waals surface area contributed by atoms with Gasteiger partial charge in [-0.1, -0.05) is 0 Å². The lowest BCUT2D eigenvalue weighted by Crippen LogP contribution is -2.40. The number of hydrogen-bond donors (Lipinski definition) is 3. The highest BCUT2D eigenvalue weighted by Crippen LogP contribution is 2.37. The summed E-state index contributed by atoms with van der Waals surface area (Å²) in [6.07, 6.45) is 8.57. The van der Waals surface area contributed by atoms with Gasteiger partial charge in [-0.3, -0.25) is 9.36 Å². The van der Waals surface area contributed by atoms with Gasteiger partial charge >= 0.3 is 6.09 Å². The van der Waals surface area contributed by atoms with Crippen LogP contribution in [0.3, 0.4) is 0 Å². The van der Waals surface area contributed by atoms with Gasteiger partial charge in [-0.15, -0.1) is 0 Å². The first kappa shape index (κ1) is 24.8. The fourth-order valence-corrected chi connectivity index (χ4v) is 5.17. The summed E-state index contributed by atoms with van der Waals surface area (Å²) in [4.78, 5) is 17.8. The maximum Gasteiger partial charge on any atom is 0.407 e. The number of methoxy groups -OCH3 is 2. The Balaban J connectivity index is 1.36. The van der Waals surface area contributed by atoms with E-state index in [9.17, 15) is 9.90 Å². The summed E-state index contributed by atoms with van der Waals surface area (Å²) in [6.45, 7) is 1.40. The number of nitrogens with zero attached hydrogens (tertiary/aromatic N) is 6. The van der Waals surface area contributed by atoms with Gasteiger partial charge in [0.15, 0.2) is 5.82 Å². The maximum atomic E-state index is 11.7. The highest BCUT2D eigenvalue weighted by atomic mass is 16.5. The average molecular weight is 533 g/mol. The minimum Gasteiger partial charge on any atom is -0.497 e. The van der Waals surface area contributed by atoms with Gasteiger partial charge in [0.25, 0.3) is 0 Å². The van der Waals surface area contributed by atoms with Crippen molar-refractivity contribution in [3.05, 3.63) is 48.4 Å². The SMILES string of the molecule is COc1ccc(CNc2nccc3c2c(Nc2cnn(C4CC4)c2)nn3[C@@H]2CCCN(C(=O)O)C2)c(OC)c1. The average Bonchev–Trinajstić information content (AvgIpc) is 3.60. The van der Waals surface area contributed by atoms with Crippen molar-refractivity contribution in [2.24, 2.45) is 0 Å². The third kappa shape index (κ3) is 5.01. The third-order valence-corrected chi connectivity index (χ3v) is 7.36. The number of hydrogen-bond acceptors (Lipinski definition) is 8. The van der Waals surface area contributed by atoms with Gasteiger partial charge in [0, 0.05) is 43.7 Å². The van der Waals surface area contributed by atoms with Crippen LogP contribution in [0.1, 0.15) is 43.3 Å². The van der Waals surface area contributed by atoms with Crippen molar-refractivity contribution in [3.8, 4) is 11.5 Å². The zero-order valence-corrected chi connectivity index (χ0v) is 22.0. The second-order valence-electron chi connectivity index (χ2n) is 9.97. The number of aromatic nitrogens is 5. The molecule has 3 N–H and O–H groups in total. The van der Waals surface area contributed by atoms with Gasteiger partial charge in [0.05, 0.1) is 49.1 Å². The number of carbonyl (C=O) groups is 1. The van der Waals surface area contributed by atoms with Gasteiger partial charge in [0.2, 0.25) is 0 Å². The molecule has 1 aliphatic heterocycles. The number of fused-ring (bicyclic) bond motifs is 1. The molecule has 204 valence electrons. The molecule has 1 aromatic carbocycles. The molecule has 0 bridgehead atoms. The lowest BCUT2D eigenvalue weighted by atomic mass is 10.1. The lowest BCUT2D eigenvalue weighted by molar-refractivity contribution is 0.120. The number of ether oxygens (including phenoxy) is 2. The molecule has 39 heavy (non-hydrogen) atoms. The van der Waals surface area contributed by atoms with Crippen molar-refractivity contribution >= 4 is 34.3 Å². The summed E-state index contributed by atoms with van der Waals surface area (Å²) in [6, 6.07) is 8.02. The van der Waals surface area contributed by atoms with E-state index in [0.29, 0.717) is 43.1 Å². The smallest absolute Gasteiger partial charge is 0.407 e. The predicted octanol–water partition coefficient (Wildman–Crippen LogP) is 4.65. The van der Waals surface area contributed by atoms with Gasteiger partial charge in [-0.05, 0) is 43.9 Å². The van der Waals surface area contributed by atoms with Crippen LogP contribution in [0.2, 0.25) is 0 Å². The lowest BCUT2D eigenvalue weighted by Gasteiger charge is -2.31. The number of likely N-dealkylation sites (tertiary alicyclic amines) is 1. The van der Waals surface area contributed by atoms with Crippen molar-refractivity contribution in [2.75, 3.05) is 37.9 Å². The molecule has 1 aliphatic carbocycles. The minimum absolute atomic E-state index is 0.0842. The molecule has 2 aliphatic rings. The van der Waals surface area contributed by atoms with Crippen LogP contribution in [0.25, 0.3) is 10.9 Å². The molecule has 1 amide bonds. The highest BCUT2D eigenvalue weighted by molar-refractivity contribution is 6.00. The first-order valence-corrected chi connectivity index (χ1v) is 13.1. The monoisotopic (exact) mass is 532 g/mol. The van der Waals surface area contributed by atoms with Crippen LogP contribution in [-0.2, 0) is 6.54 Å². The van der Waals surface area contributed by atoms with E-state index >= 15 is 0 Å². The molecule has 1 saturated heterocycles. The first-order valence-electron chi connectivity index (χ1n) is 13.1. The molecule has 0 unspecified atom stereocenters. The van der Waals surface area contributed by atoms with Gasteiger partial charge in [-0.2, -0.15) is 10.2 Å². The van der Waals surface area contributed by atoms with E-state index in [4.69, 9.17) is 14.6 Å². The Kier molecular flexibility index (Phi) is 6.59. The van der Waals surface area contributed by atoms with Crippen LogP contribution in [0.4, 0.5) is 22.1 Å². The van der Waals surface area contributed by atoms with Crippen LogP contribution in [0, 0.1) is 0 Å². The number of anilines is 3. The molecule has 3 aromatic heterocycles. The van der Waals surface area contributed by atoms with Gasteiger partial charge in [0.1, 0.15) is 17.3 Å². The Morgan fingerprint density at radius 1 is 1.13 bits per heavy atom. The summed E-state index contributed by atoms with van der Waals surface area (Å²) >= 11 is 0. The quantitative estimate of drug-likeness (QED) is 0.282. The molecular formula is C27H32N8O4. The molecule has 2 fully saturated rings. The zero-order valence-electron chi connectivity index (χ0n) is 22.0. The Morgan fingerprint density at radius 3 is 2.77 bits per heavy atom. The zero-order chi connectivity index (χ0) is 26.9. The van der Waals surface area contributed by atoms with Crippen LogP contribution >= 0.6 is 0 Å². The molecule has 1 saturated carbocycles. The summed E-state index contributed by atoms with van der Waals surface area (Å²) in [7, 11) is 3.26. The van der Waals surface area contributed by atoms with Crippen molar-refractivity contribution in [3.63, 3.8) is 0 Å². The number of amides is 1. The van der Waals surface area contributed by atoms with E-state index in [1.807, 2.05) is 46.0 Å². The van der Waals surface area contributed by atoms with Crippen molar-refractivity contribution < 1.29 is 19.4 Å². The van der Waals surface area contributed by atoms with Crippen LogP contribution in [0.15, 0.2) is 42.9 Å². The van der Waals surface area contributed by atoms with Crippen LogP contribution in [-0.4, -0.2) is 68.0 Å². The number of piperidine rings is 1. The number of rotatable bonds is 9. The Morgan fingerprint density at radius 2 is 2.00 bits per heavy atom. The second kappa shape index (κ2) is 10.4. The highest BCUT2D eigenvalue weighted by Gasteiger charge is 2.29. The molecule has 4 heterocycles. The third-order valence-electron chi connectivity index (χ3n) is 7.36. The van der Waals surface area contributed by atoms with Gasteiger partial charge < -0.3 is 30.1 Å². The largest absolute Gasteiger partial charge is 0.497 e. The Hall–Kier alpha value is -4.48. The van der Waals surface area contributed by atoms with Gasteiger partial charge in [-0.25, -0.2) is 9.78 Å². The summed E-state index contributed by atoms with van der Waals surface area (Å²) in [5, 5.41) is 26.8. The molecule has 0 spiro atoms. The first-order chi connectivity index (χ1) is 19.0. The maximum absolute atomic E-state index is 11.7. The van der Waals surface area contributed by atoms with E-state index in [0.717, 1.165) is 53.6 Å². The molecule has 12 heteroatoms. The molecule has 6 rings (SSSR count). The standard InChI is InChI=1S/C27H32N8O4/c1-38-21-8-5-17(23(12-21)39-2)13-29-25-24-22(9-10-28-25)35(20-4-3-11-33(16-20)27(36)37)32-26(24)31-18-14-30-34(15-18)19-6-7-19/h5,8-10,12,14-15,19-20H,3-4,6-7,11,13,16H2,1-2H3,(H,28,29)(H,31,32)(H,36,37)/t20-/m1/s1. The Bertz CT molecular complexity index is 1490. The molecule has 12 nitrogen and oxygen atoms in total. The fraction of sp³-hybridized carbons (Fsp3) is 0.407. The summed E-state index contributed by atoms with van der Waals surface area (Å²) < 4.78 is 14.8. The molecule has 1 atom stereocenters. The molecular weight excluding hydrogens is 500 g/mol. The van der Waals surface area contributed by atoms with E-state index < -0.39 is 6.09 Å². The summed E-state index contributed by atoms with van der Waals surface area (Å²) in [5.41, 5.74) is 2.67. The van der Waals surface area contributed by atoms with Crippen LogP contribution < -0.4 is 20.1 Å². The van der Waals surface area contributed by atoms with E-state index in [2.05, 4.69) is 20.7 Å². The number of carboxylic acid groups (broad SMARTS) is 1. The van der Waals surface area contributed by atoms with Crippen LogP contribution in [0.5, 0.6) is 11.5 Å². The topological polar surface area (TPSA) is 132 Å². The van der Waals surface area contributed by atoms with E-state index in [1.165, 1.54) is 4.90 Å². The Labute approximate surface area is 225 Å². The number of pyridine rings is 1. The normalized spacial score (nSPS) is 17.3. The van der Waals surface area contributed by atoms with E-state index in [1.54, 1.807) is 20.4 Å². The van der Waals surface area contributed by atoms with Crippen molar-refractivity contribution in [1.82, 2.24) is 29.4 Å². The fourth-order valence-electron chi connectivity index (χ4n) is 5.17. The van der Waals surface area contributed by atoms with Crippen molar-refractivity contribution in [2.45, 2.75) is 44.3 Å². The predicted molar refractivity (Wildman–Crippen MR) is 146 cm³/mol. The number of benzene rings is 1. The summed E-state index contributed by atoms with van der Waals surface area (Å²) in [5.74, 6) is 2.74. The molecule has 0 radical (unpaired) electrons. The second-order valence-corrected chi connectivity index (χ2v) is 9.97.